The number of halogens is 3. The number of esters is 2. The van der Waals surface area contributed by atoms with Gasteiger partial charge in [0.2, 0.25) is 11.7 Å². The molecule has 3 atom stereocenters. The highest BCUT2D eigenvalue weighted by Crippen LogP contribution is 2.47. The van der Waals surface area contributed by atoms with Gasteiger partial charge >= 0.3 is 18.1 Å². The van der Waals surface area contributed by atoms with Crippen LogP contribution in [0.3, 0.4) is 0 Å². The summed E-state index contributed by atoms with van der Waals surface area (Å²) in [5.41, 5.74) is 2.26. The highest BCUT2D eigenvalue weighted by atomic mass is 19.4. The predicted octanol–water partition coefficient (Wildman–Crippen LogP) is 4.45. The highest BCUT2D eigenvalue weighted by molar-refractivity contribution is 5.94. The van der Waals surface area contributed by atoms with Gasteiger partial charge in [0, 0.05) is 35.7 Å². The Hall–Kier alpha value is -4.78. The first-order valence-electron chi connectivity index (χ1n) is 14.4. The lowest BCUT2D eigenvalue weighted by atomic mass is 9.91. The number of aliphatic hydroxyl groups is 1. The fourth-order valence-corrected chi connectivity index (χ4v) is 5.18. The first kappa shape index (κ1) is 32.6. The highest BCUT2D eigenvalue weighted by Gasteiger charge is 2.54. The lowest BCUT2D eigenvalue weighted by molar-refractivity contribution is -0.182. The van der Waals surface area contributed by atoms with E-state index in [1.54, 1.807) is 6.08 Å². The minimum atomic E-state index is -4.64. The van der Waals surface area contributed by atoms with Crippen LogP contribution in [-0.2, 0) is 34.3 Å². The van der Waals surface area contributed by atoms with Crippen LogP contribution in [0.15, 0.2) is 103 Å². The quantitative estimate of drug-likeness (QED) is 0.247. The van der Waals surface area contributed by atoms with E-state index in [4.69, 9.17) is 14.2 Å². The maximum absolute atomic E-state index is 13.3. The van der Waals surface area contributed by atoms with Crippen LogP contribution in [-0.4, -0.2) is 67.2 Å². The Labute approximate surface area is 262 Å². The summed E-state index contributed by atoms with van der Waals surface area (Å²) in [5.74, 6) is -3.70. The van der Waals surface area contributed by atoms with Crippen molar-refractivity contribution in [3.05, 3.63) is 125 Å². The van der Waals surface area contributed by atoms with E-state index < -0.39 is 54.7 Å². The lowest BCUT2D eigenvalue weighted by Gasteiger charge is -2.31. The Morgan fingerprint density at radius 1 is 0.935 bits per heavy atom. The molecule has 2 N–H and O–H groups in total. The van der Waals surface area contributed by atoms with Crippen molar-refractivity contribution in [1.82, 2.24) is 5.32 Å². The molecule has 1 fully saturated rings. The van der Waals surface area contributed by atoms with Gasteiger partial charge in [-0.05, 0) is 29.8 Å². The third kappa shape index (κ3) is 7.71. The largest absolute Gasteiger partial charge is 0.456 e. The van der Waals surface area contributed by atoms with Crippen molar-refractivity contribution >= 4 is 23.9 Å². The molecule has 12 heteroatoms. The number of fused-ring (bicyclic) bond motifs is 1. The molecule has 1 aliphatic heterocycles. The SMILES string of the molecule is O=C(C=Cc1ccc(C(=O)OC2CC(C(=O)NCCO)=CC3OC(c4ccccc4)(c4ccccc4)OC32)cc1)OCC(F)(F)F. The number of aliphatic hydroxyl groups excluding tert-OH is 1. The summed E-state index contributed by atoms with van der Waals surface area (Å²) in [5, 5.41) is 11.8. The van der Waals surface area contributed by atoms with Crippen molar-refractivity contribution in [2.75, 3.05) is 19.8 Å². The maximum Gasteiger partial charge on any atom is 0.422 e. The Morgan fingerprint density at radius 3 is 2.15 bits per heavy atom. The zero-order valence-corrected chi connectivity index (χ0v) is 24.3. The molecule has 3 aromatic carbocycles. The second kappa shape index (κ2) is 14.1. The number of ether oxygens (including phenoxy) is 4. The van der Waals surface area contributed by atoms with Crippen LogP contribution in [0.25, 0.3) is 6.08 Å². The fourth-order valence-electron chi connectivity index (χ4n) is 5.18. The van der Waals surface area contributed by atoms with Gasteiger partial charge in [-0.15, -0.1) is 0 Å². The zero-order valence-electron chi connectivity index (χ0n) is 24.3. The number of hydrogen-bond donors (Lipinski definition) is 2. The molecule has 3 aromatic rings. The second-order valence-corrected chi connectivity index (χ2v) is 10.5. The molecule has 3 unspecified atom stereocenters. The lowest BCUT2D eigenvalue weighted by Crippen LogP contribution is -2.43. The van der Waals surface area contributed by atoms with Gasteiger partial charge in [0.05, 0.1) is 12.2 Å². The van der Waals surface area contributed by atoms with Crippen LogP contribution in [0.1, 0.15) is 33.5 Å². The molecular weight excluding hydrogens is 607 g/mol. The number of carbonyl (C=O) groups excluding carboxylic acids is 3. The Bertz CT molecular complexity index is 1550. The average Bonchev–Trinajstić information content (AvgIpc) is 3.47. The molecule has 1 saturated heterocycles. The van der Waals surface area contributed by atoms with Crippen molar-refractivity contribution in [2.24, 2.45) is 0 Å². The minimum absolute atomic E-state index is 0.00798. The number of carbonyl (C=O) groups is 3. The van der Waals surface area contributed by atoms with E-state index in [1.807, 2.05) is 60.7 Å². The summed E-state index contributed by atoms with van der Waals surface area (Å²) < 4.78 is 60.1. The van der Waals surface area contributed by atoms with Crippen LogP contribution in [0.4, 0.5) is 13.2 Å². The summed E-state index contributed by atoms with van der Waals surface area (Å²) in [4.78, 5) is 37.9. The molecule has 0 aromatic heterocycles. The summed E-state index contributed by atoms with van der Waals surface area (Å²) in [7, 11) is 0. The van der Waals surface area contributed by atoms with Crippen LogP contribution < -0.4 is 5.32 Å². The standard InChI is InChI=1S/C34H30F3NO8/c35-33(36,37)21-43-29(40)16-13-22-11-14-23(15-12-22)32(42)44-27-19-24(31(41)38-17-18-39)20-28-30(27)46-34(45-28,25-7-3-1-4-8-25)26-9-5-2-6-10-26/h1-16,20,27-28,30,39H,17-19,21H2,(H,38,41). The van der Waals surface area contributed by atoms with Crippen LogP contribution in [0, 0.1) is 0 Å². The Kier molecular flexibility index (Phi) is 10.0. The molecule has 240 valence electrons. The molecule has 46 heavy (non-hydrogen) atoms. The normalized spacial score (nSPS) is 20.4. The van der Waals surface area contributed by atoms with E-state index in [2.05, 4.69) is 10.1 Å². The summed E-state index contributed by atoms with van der Waals surface area (Å²) in [6, 6.07) is 24.4. The van der Waals surface area contributed by atoms with Crippen LogP contribution >= 0.6 is 0 Å². The predicted molar refractivity (Wildman–Crippen MR) is 158 cm³/mol. The summed E-state index contributed by atoms with van der Waals surface area (Å²) in [6.45, 7) is -1.92. The molecule has 1 aliphatic carbocycles. The van der Waals surface area contributed by atoms with Crippen molar-refractivity contribution in [3.63, 3.8) is 0 Å². The van der Waals surface area contributed by atoms with Crippen molar-refractivity contribution in [3.8, 4) is 0 Å². The maximum atomic E-state index is 13.3. The third-order valence-electron chi connectivity index (χ3n) is 7.27. The zero-order chi connectivity index (χ0) is 32.7. The first-order chi connectivity index (χ1) is 22.1. The van der Waals surface area contributed by atoms with Crippen molar-refractivity contribution in [1.29, 1.82) is 0 Å². The van der Waals surface area contributed by atoms with Gasteiger partial charge in [0.25, 0.3) is 0 Å². The van der Waals surface area contributed by atoms with Crippen molar-refractivity contribution in [2.45, 2.75) is 36.7 Å². The summed E-state index contributed by atoms with van der Waals surface area (Å²) in [6.07, 6.45) is -3.42. The van der Waals surface area contributed by atoms with Gasteiger partial charge in [0.1, 0.15) is 18.3 Å². The molecule has 0 bridgehead atoms. The smallest absolute Gasteiger partial charge is 0.422 e. The van der Waals surface area contributed by atoms with Gasteiger partial charge in [0.15, 0.2) is 6.61 Å². The Morgan fingerprint density at radius 2 is 1.57 bits per heavy atom. The molecule has 9 nitrogen and oxygen atoms in total. The van der Waals surface area contributed by atoms with Gasteiger partial charge in [-0.3, -0.25) is 4.79 Å². The molecule has 0 radical (unpaired) electrons. The molecule has 5 rings (SSSR count). The number of rotatable bonds is 10. The van der Waals surface area contributed by atoms with E-state index in [1.165, 1.54) is 30.3 Å². The average molecular weight is 638 g/mol. The molecular formula is C34H30F3NO8. The number of nitrogens with one attached hydrogen (secondary N) is 1. The molecule has 2 aliphatic rings. The van der Waals surface area contributed by atoms with E-state index in [0.29, 0.717) is 22.3 Å². The fraction of sp³-hybridized carbons (Fsp3) is 0.265. The summed E-state index contributed by atoms with van der Waals surface area (Å²) >= 11 is 0. The molecule has 1 amide bonds. The monoisotopic (exact) mass is 637 g/mol. The third-order valence-corrected chi connectivity index (χ3v) is 7.27. The minimum Gasteiger partial charge on any atom is -0.456 e. The van der Waals surface area contributed by atoms with Crippen LogP contribution in [0.2, 0.25) is 0 Å². The topological polar surface area (TPSA) is 120 Å². The molecule has 0 spiro atoms. The van der Waals surface area contributed by atoms with E-state index in [-0.39, 0.29) is 25.1 Å². The number of hydrogen-bond acceptors (Lipinski definition) is 8. The van der Waals surface area contributed by atoms with Gasteiger partial charge < -0.3 is 29.4 Å². The van der Waals surface area contributed by atoms with Gasteiger partial charge in [-0.25, -0.2) is 9.59 Å². The Balaban J connectivity index is 1.37. The number of amides is 1. The number of benzene rings is 3. The second-order valence-electron chi connectivity index (χ2n) is 10.5. The van der Waals surface area contributed by atoms with Crippen molar-refractivity contribution < 1.29 is 51.6 Å². The van der Waals surface area contributed by atoms with Gasteiger partial charge in [-0.2, -0.15) is 13.2 Å². The van der Waals surface area contributed by atoms with E-state index in [9.17, 15) is 32.7 Å². The van der Waals surface area contributed by atoms with E-state index >= 15 is 0 Å². The van der Waals surface area contributed by atoms with E-state index in [0.717, 1.165) is 6.08 Å². The van der Waals surface area contributed by atoms with Gasteiger partial charge in [-0.1, -0.05) is 72.8 Å². The molecule has 1 heterocycles. The first-order valence-corrected chi connectivity index (χ1v) is 14.4. The van der Waals surface area contributed by atoms with Crippen LogP contribution in [0.5, 0.6) is 0 Å². The molecule has 0 saturated carbocycles. The number of alkyl halides is 3.